The maximum Gasteiger partial charge on any atom is 0.253 e. The minimum absolute atomic E-state index is 0.0312. The maximum atomic E-state index is 12.9. The molecule has 0 aromatic heterocycles. The molecule has 1 saturated carbocycles. The summed E-state index contributed by atoms with van der Waals surface area (Å²) in [6.45, 7) is 5.72. The molecule has 3 N–H and O–H groups in total. The van der Waals surface area contributed by atoms with Gasteiger partial charge >= 0.3 is 0 Å². The zero-order valence-corrected chi connectivity index (χ0v) is 16.0. The molecule has 1 saturated heterocycles. The SMILES string of the molecule is Cc1cc(C)cc(C(=O)N2CCCC(C(=O)NC3(CN)CCCC3)C2)c1. The minimum atomic E-state index is -0.225. The Balaban J connectivity index is 1.66. The van der Waals surface area contributed by atoms with Crippen LogP contribution in [-0.4, -0.2) is 41.9 Å². The number of hydrogen-bond donors (Lipinski definition) is 2. The molecule has 1 aromatic carbocycles. The van der Waals surface area contributed by atoms with Crippen molar-refractivity contribution in [3.05, 3.63) is 34.9 Å². The van der Waals surface area contributed by atoms with Crippen LogP contribution in [0.25, 0.3) is 0 Å². The van der Waals surface area contributed by atoms with E-state index in [1.165, 1.54) is 0 Å². The van der Waals surface area contributed by atoms with Gasteiger partial charge in [0.05, 0.1) is 11.5 Å². The predicted molar refractivity (Wildman–Crippen MR) is 103 cm³/mol. The third-order valence-electron chi connectivity index (χ3n) is 5.89. The highest BCUT2D eigenvalue weighted by Gasteiger charge is 2.37. The molecule has 2 aliphatic rings. The summed E-state index contributed by atoms with van der Waals surface area (Å²) in [5.41, 5.74) is 8.62. The fourth-order valence-corrected chi connectivity index (χ4v) is 4.45. The molecule has 26 heavy (non-hydrogen) atoms. The van der Waals surface area contributed by atoms with Crippen molar-refractivity contribution < 1.29 is 9.59 Å². The van der Waals surface area contributed by atoms with Gasteiger partial charge in [0.25, 0.3) is 5.91 Å². The summed E-state index contributed by atoms with van der Waals surface area (Å²) in [7, 11) is 0. The van der Waals surface area contributed by atoms with Crippen molar-refractivity contribution in [1.82, 2.24) is 10.2 Å². The fourth-order valence-electron chi connectivity index (χ4n) is 4.45. The van der Waals surface area contributed by atoms with Crippen molar-refractivity contribution in [3.63, 3.8) is 0 Å². The summed E-state index contributed by atoms with van der Waals surface area (Å²) in [6.07, 6.45) is 5.88. The second kappa shape index (κ2) is 7.78. The molecule has 1 atom stereocenters. The van der Waals surface area contributed by atoms with Crippen LogP contribution in [0.4, 0.5) is 0 Å². The van der Waals surface area contributed by atoms with Gasteiger partial charge in [-0.3, -0.25) is 9.59 Å². The van der Waals surface area contributed by atoms with Gasteiger partial charge in [-0.05, 0) is 51.7 Å². The quantitative estimate of drug-likeness (QED) is 0.869. The molecule has 1 aliphatic heterocycles. The summed E-state index contributed by atoms with van der Waals surface area (Å²) in [6, 6.07) is 5.93. The molecule has 5 heteroatoms. The van der Waals surface area contributed by atoms with Crippen LogP contribution in [0, 0.1) is 19.8 Å². The van der Waals surface area contributed by atoms with E-state index in [0.717, 1.165) is 61.8 Å². The van der Waals surface area contributed by atoms with Gasteiger partial charge in [0, 0.05) is 25.2 Å². The van der Waals surface area contributed by atoms with Crippen LogP contribution in [0.5, 0.6) is 0 Å². The molecule has 142 valence electrons. The van der Waals surface area contributed by atoms with Gasteiger partial charge in [0.1, 0.15) is 0 Å². The van der Waals surface area contributed by atoms with Gasteiger partial charge in [0.15, 0.2) is 0 Å². The molecule has 1 aliphatic carbocycles. The van der Waals surface area contributed by atoms with Crippen molar-refractivity contribution in [2.24, 2.45) is 11.7 Å². The molecule has 1 heterocycles. The Bertz CT molecular complexity index is 660. The first-order valence-electron chi connectivity index (χ1n) is 9.82. The topological polar surface area (TPSA) is 75.4 Å². The lowest BCUT2D eigenvalue weighted by molar-refractivity contribution is -0.128. The maximum absolute atomic E-state index is 12.9. The largest absolute Gasteiger partial charge is 0.349 e. The minimum Gasteiger partial charge on any atom is -0.349 e. The van der Waals surface area contributed by atoms with Crippen LogP contribution in [-0.2, 0) is 4.79 Å². The predicted octanol–water partition coefficient (Wildman–Crippen LogP) is 2.54. The zero-order valence-electron chi connectivity index (χ0n) is 16.0. The zero-order chi connectivity index (χ0) is 18.7. The lowest BCUT2D eigenvalue weighted by Crippen LogP contribution is -2.55. The summed E-state index contributed by atoms with van der Waals surface area (Å²) < 4.78 is 0. The first-order valence-corrected chi connectivity index (χ1v) is 9.82. The fraction of sp³-hybridized carbons (Fsp3) is 0.619. The summed E-state index contributed by atoms with van der Waals surface area (Å²) in [5, 5.41) is 3.23. The van der Waals surface area contributed by atoms with E-state index in [9.17, 15) is 9.59 Å². The first kappa shape index (κ1) is 18.9. The van der Waals surface area contributed by atoms with E-state index in [1.807, 2.05) is 30.9 Å². The Kier molecular flexibility index (Phi) is 5.66. The molecule has 0 radical (unpaired) electrons. The Morgan fingerprint density at radius 2 is 1.81 bits per heavy atom. The van der Waals surface area contributed by atoms with Gasteiger partial charge < -0.3 is 16.0 Å². The Labute approximate surface area is 156 Å². The molecule has 5 nitrogen and oxygen atoms in total. The number of nitrogens with one attached hydrogen (secondary N) is 1. The number of rotatable bonds is 4. The molecular weight excluding hydrogens is 326 g/mol. The van der Waals surface area contributed by atoms with Crippen molar-refractivity contribution in [1.29, 1.82) is 0 Å². The summed E-state index contributed by atoms with van der Waals surface area (Å²) in [5.74, 6) is -0.0402. The highest BCUT2D eigenvalue weighted by Crippen LogP contribution is 2.30. The van der Waals surface area contributed by atoms with Gasteiger partial charge in [0.2, 0.25) is 5.91 Å². The summed E-state index contributed by atoms with van der Waals surface area (Å²) in [4.78, 5) is 27.6. The Hall–Kier alpha value is -1.88. The van der Waals surface area contributed by atoms with Gasteiger partial charge in [-0.1, -0.05) is 30.0 Å². The van der Waals surface area contributed by atoms with Crippen molar-refractivity contribution in [3.8, 4) is 0 Å². The number of nitrogens with zero attached hydrogens (tertiary/aromatic N) is 1. The second-order valence-electron chi connectivity index (χ2n) is 8.15. The molecule has 1 unspecified atom stereocenters. The smallest absolute Gasteiger partial charge is 0.253 e. The van der Waals surface area contributed by atoms with E-state index in [4.69, 9.17) is 5.73 Å². The summed E-state index contributed by atoms with van der Waals surface area (Å²) >= 11 is 0. The van der Waals surface area contributed by atoms with Gasteiger partial charge in [-0.2, -0.15) is 0 Å². The van der Waals surface area contributed by atoms with E-state index in [2.05, 4.69) is 11.4 Å². The number of likely N-dealkylation sites (tertiary alicyclic amines) is 1. The highest BCUT2D eigenvalue weighted by atomic mass is 16.2. The van der Waals surface area contributed by atoms with Crippen LogP contribution in [0.3, 0.4) is 0 Å². The van der Waals surface area contributed by atoms with E-state index < -0.39 is 0 Å². The standard InChI is InChI=1S/C21H31N3O2/c1-15-10-16(2)12-18(11-15)20(26)24-9-5-6-17(13-24)19(25)23-21(14-22)7-3-4-8-21/h10-12,17H,3-9,13-14,22H2,1-2H3,(H,23,25). The third kappa shape index (κ3) is 4.09. The third-order valence-corrected chi connectivity index (χ3v) is 5.89. The van der Waals surface area contributed by atoms with Crippen LogP contribution < -0.4 is 11.1 Å². The number of carbonyl (C=O) groups excluding carboxylic acids is 2. The number of carbonyl (C=O) groups is 2. The van der Waals surface area contributed by atoms with Crippen molar-refractivity contribution >= 4 is 11.8 Å². The van der Waals surface area contributed by atoms with E-state index in [-0.39, 0.29) is 23.3 Å². The molecule has 3 rings (SSSR count). The normalized spacial score (nSPS) is 22.3. The number of nitrogens with two attached hydrogens (primary N) is 1. The highest BCUT2D eigenvalue weighted by molar-refractivity contribution is 5.95. The van der Waals surface area contributed by atoms with Crippen LogP contribution in [0.2, 0.25) is 0 Å². The number of amides is 2. The van der Waals surface area contributed by atoms with E-state index in [1.54, 1.807) is 0 Å². The Morgan fingerprint density at radius 3 is 2.42 bits per heavy atom. The first-order chi connectivity index (χ1) is 12.4. The number of hydrogen-bond acceptors (Lipinski definition) is 3. The molecule has 0 bridgehead atoms. The van der Waals surface area contributed by atoms with Gasteiger partial charge in [-0.25, -0.2) is 0 Å². The van der Waals surface area contributed by atoms with Gasteiger partial charge in [-0.15, -0.1) is 0 Å². The number of piperidine rings is 1. The number of benzene rings is 1. The lowest BCUT2D eigenvalue weighted by Gasteiger charge is -2.35. The van der Waals surface area contributed by atoms with Crippen LogP contribution in [0.15, 0.2) is 18.2 Å². The molecule has 0 spiro atoms. The van der Waals surface area contributed by atoms with Crippen molar-refractivity contribution in [2.75, 3.05) is 19.6 Å². The van der Waals surface area contributed by atoms with Crippen LogP contribution >= 0.6 is 0 Å². The molecule has 2 amide bonds. The van der Waals surface area contributed by atoms with Crippen molar-refractivity contribution in [2.45, 2.75) is 57.9 Å². The average Bonchev–Trinajstić information content (AvgIpc) is 3.09. The average molecular weight is 357 g/mol. The molecular formula is C21H31N3O2. The molecule has 1 aromatic rings. The molecule has 2 fully saturated rings. The lowest BCUT2D eigenvalue weighted by atomic mass is 9.92. The number of aryl methyl sites for hydroxylation is 2. The van der Waals surface area contributed by atoms with Crippen LogP contribution in [0.1, 0.15) is 60.0 Å². The van der Waals surface area contributed by atoms with E-state index >= 15 is 0 Å². The van der Waals surface area contributed by atoms with E-state index in [0.29, 0.717) is 13.1 Å². The second-order valence-corrected chi connectivity index (χ2v) is 8.15. The monoisotopic (exact) mass is 357 g/mol. The Morgan fingerprint density at radius 1 is 1.15 bits per heavy atom.